The molecule has 0 aliphatic carbocycles. The Labute approximate surface area is 133 Å². The molecule has 0 radical (unpaired) electrons. The van der Waals surface area contributed by atoms with Crippen molar-refractivity contribution in [1.82, 2.24) is 0 Å². The largest absolute Gasteiger partial charge is 0.0622 e. The Morgan fingerprint density at radius 2 is 1.14 bits per heavy atom. The quantitative estimate of drug-likeness (QED) is 0.586. The van der Waals surface area contributed by atoms with E-state index in [-0.39, 0.29) is 0 Å². The maximum atomic E-state index is 2.38. The molecule has 0 unspecified atom stereocenters. The van der Waals surface area contributed by atoms with E-state index in [0.717, 1.165) is 19.3 Å². The van der Waals surface area contributed by atoms with Crippen molar-refractivity contribution in [1.29, 1.82) is 0 Å². The number of hydrogen-bond acceptors (Lipinski definition) is 0. The van der Waals surface area contributed by atoms with Crippen LogP contribution in [0, 0.1) is 0 Å². The van der Waals surface area contributed by atoms with Crippen LogP contribution in [0.5, 0.6) is 0 Å². The van der Waals surface area contributed by atoms with Gasteiger partial charge in [-0.15, -0.1) is 0 Å². The molecule has 22 heavy (non-hydrogen) atoms. The summed E-state index contributed by atoms with van der Waals surface area (Å²) in [6.45, 7) is 2.25. The Morgan fingerprint density at radius 1 is 0.545 bits per heavy atom. The highest BCUT2D eigenvalue weighted by molar-refractivity contribution is 5.38. The molecule has 0 aliphatic heterocycles. The topological polar surface area (TPSA) is 0 Å². The molecule has 0 bridgehead atoms. The molecule has 0 fully saturated rings. The summed E-state index contributed by atoms with van der Waals surface area (Å²) in [5.74, 6) is 0. The van der Waals surface area contributed by atoms with Crippen LogP contribution in [-0.4, -0.2) is 0 Å². The van der Waals surface area contributed by atoms with Gasteiger partial charge in [-0.3, -0.25) is 0 Å². The monoisotopic (exact) mass is 286 g/mol. The lowest BCUT2D eigenvalue weighted by Gasteiger charge is -2.11. The Kier molecular flexibility index (Phi) is 4.70. The van der Waals surface area contributed by atoms with Gasteiger partial charge in [0.1, 0.15) is 0 Å². The number of benzene rings is 3. The Bertz CT molecular complexity index is 712. The zero-order valence-corrected chi connectivity index (χ0v) is 13.1. The van der Waals surface area contributed by atoms with E-state index in [1.807, 2.05) is 0 Å². The van der Waals surface area contributed by atoms with Gasteiger partial charge in [0.05, 0.1) is 0 Å². The van der Waals surface area contributed by atoms with Crippen LogP contribution in [0.2, 0.25) is 0 Å². The molecular weight excluding hydrogens is 264 g/mol. The summed E-state index contributed by atoms with van der Waals surface area (Å²) >= 11 is 0. The Hall–Kier alpha value is -2.34. The van der Waals surface area contributed by atoms with Crippen LogP contribution in [0.4, 0.5) is 0 Å². The summed E-state index contributed by atoms with van der Waals surface area (Å²) < 4.78 is 0. The van der Waals surface area contributed by atoms with Crippen LogP contribution < -0.4 is 0 Å². The number of rotatable bonds is 5. The zero-order chi connectivity index (χ0) is 15.2. The van der Waals surface area contributed by atoms with Crippen molar-refractivity contribution < 1.29 is 0 Å². The second kappa shape index (κ2) is 7.09. The molecular formula is C22H22. The van der Waals surface area contributed by atoms with E-state index in [9.17, 15) is 0 Å². The number of aryl methyl sites for hydroxylation is 1. The van der Waals surface area contributed by atoms with Crippen molar-refractivity contribution in [3.63, 3.8) is 0 Å². The minimum absolute atomic E-state index is 1.01. The Balaban J connectivity index is 1.81. The fraction of sp³-hybridized carbons (Fsp3) is 0.182. The predicted octanol–water partition coefficient (Wildman–Crippen LogP) is 5.43. The molecule has 3 rings (SSSR count). The van der Waals surface area contributed by atoms with Crippen molar-refractivity contribution in [3.05, 3.63) is 107 Å². The molecule has 0 heteroatoms. The van der Waals surface area contributed by atoms with Crippen LogP contribution in [0.25, 0.3) is 0 Å². The fourth-order valence-electron chi connectivity index (χ4n) is 2.94. The molecule has 3 aromatic carbocycles. The first-order valence-electron chi connectivity index (χ1n) is 8.03. The average Bonchev–Trinajstić information content (AvgIpc) is 2.58. The first-order valence-corrected chi connectivity index (χ1v) is 8.03. The summed E-state index contributed by atoms with van der Waals surface area (Å²) in [5.41, 5.74) is 7.08. The van der Waals surface area contributed by atoms with E-state index in [0.29, 0.717) is 0 Å². The molecule has 0 amide bonds. The molecule has 0 aliphatic rings. The lowest BCUT2D eigenvalue weighted by Crippen LogP contribution is -1.97. The van der Waals surface area contributed by atoms with E-state index < -0.39 is 0 Å². The molecule has 0 heterocycles. The van der Waals surface area contributed by atoms with E-state index in [1.165, 1.54) is 27.8 Å². The highest BCUT2D eigenvalue weighted by atomic mass is 14.1. The standard InChI is InChI=1S/C22H22/c1-2-21-17-20(15-18-9-5-3-6-10-18)13-14-22(21)16-19-11-7-4-8-12-19/h3-14,17H,2,15-16H2,1H3. The van der Waals surface area contributed by atoms with E-state index >= 15 is 0 Å². The second-order valence-electron chi connectivity index (χ2n) is 5.78. The first kappa shape index (κ1) is 14.6. The van der Waals surface area contributed by atoms with Gasteiger partial charge in [0.2, 0.25) is 0 Å². The molecule has 0 nitrogen and oxygen atoms in total. The number of hydrogen-bond donors (Lipinski definition) is 0. The molecule has 0 aromatic heterocycles. The van der Waals surface area contributed by atoms with Gasteiger partial charge >= 0.3 is 0 Å². The summed E-state index contributed by atoms with van der Waals surface area (Å²) in [5, 5.41) is 0. The van der Waals surface area contributed by atoms with Crippen molar-refractivity contribution in [2.75, 3.05) is 0 Å². The molecule has 0 atom stereocenters. The third kappa shape index (κ3) is 3.65. The van der Waals surface area contributed by atoms with Gasteiger partial charge in [-0.2, -0.15) is 0 Å². The lowest BCUT2D eigenvalue weighted by atomic mass is 9.94. The summed E-state index contributed by atoms with van der Waals surface area (Å²) in [7, 11) is 0. The summed E-state index contributed by atoms with van der Waals surface area (Å²) in [6.07, 6.45) is 3.12. The first-order chi connectivity index (χ1) is 10.8. The van der Waals surface area contributed by atoms with Crippen LogP contribution in [0.3, 0.4) is 0 Å². The van der Waals surface area contributed by atoms with Crippen LogP contribution >= 0.6 is 0 Å². The molecule has 110 valence electrons. The summed E-state index contributed by atoms with van der Waals surface area (Å²) in [4.78, 5) is 0. The zero-order valence-electron chi connectivity index (χ0n) is 13.1. The van der Waals surface area contributed by atoms with Crippen LogP contribution in [0.1, 0.15) is 34.7 Å². The van der Waals surface area contributed by atoms with Gasteiger partial charge in [-0.05, 0) is 47.1 Å². The van der Waals surface area contributed by atoms with Crippen molar-refractivity contribution in [2.45, 2.75) is 26.2 Å². The second-order valence-corrected chi connectivity index (χ2v) is 5.78. The predicted molar refractivity (Wildman–Crippen MR) is 94.3 cm³/mol. The molecule has 0 N–H and O–H groups in total. The maximum Gasteiger partial charge on any atom is -0.00230 e. The van der Waals surface area contributed by atoms with Gasteiger partial charge in [-0.1, -0.05) is 85.8 Å². The highest BCUT2D eigenvalue weighted by Crippen LogP contribution is 2.19. The average molecular weight is 286 g/mol. The fourth-order valence-corrected chi connectivity index (χ4v) is 2.94. The molecule has 0 spiro atoms. The van der Waals surface area contributed by atoms with Crippen LogP contribution in [0.15, 0.2) is 78.9 Å². The van der Waals surface area contributed by atoms with Gasteiger partial charge < -0.3 is 0 Å². The van der Waals surface area contributed by atoms with Crippen molar-refractivity contribution >= 4 is 0 Å². The lowest BCUT2D eigenvalue weighted by molar-refractivity contribution is 1.04. The van der Waals surface area contributed by atoms with E-state index in [4.69, 9.17) is 0 Å². The summed E-state index contributed by atoms with van der Waals surface area (Å²) in [6, 6.07) is 28.4. The smallest absolute Gasteiger partial charge is 0.00230 e. The van der Waals surface area contributed by atoms with E-state index in [1.54, 1.807) is 0 Å². The van der Waals surface area contributed by atoms with Gasteiger partial charge in [0, 0.05) is 0 Å². The minimum atomic E-state index is 1.01. The van der Waals surface area contributed by atoms with Gasteiger partial charge in [0.15, 0.2) is 0 Å². The van der Waals surface area contributed by atoms with Crippen molar-refractivity contribution in [2.24, 2.45) is 0 Å². The highest BCUT2D eigenvalue weighted by Gasteiger charge is 2.04. The van der Waals surface area contributed by atoms with E-state index in [2.05, 4.69) is 85.8 Å². The normalized spacial score (nSPS) is 10.6. The molecule has 0 saturated heterocycles. The minimum Gasteiger partial charge on any atom is -0.0622 e. The van der Waals surface area contributed by atoms with Gasteiger partial charge in [0.25, 0.3) is 0 Å². The molecule has 0 saturated carbocycles. The van der Waals surface area contributed by atoms with Crippen molar-refractivity contribution in [3.8, 4) is 0 Å². The van der Waals surface area contributed by atoms with Crippen LogP contribution in [-0.2, 0) is 19.3 Å². The van der Waals surface area contributed by atoms with Gasteiger partial charge in [-0.25, -0.2) is 0 Å². The molecule has 3 aromatic rings. The third-order valence-electron chi connectivity index (χ3n) is 4.14. The SMILES string of the molecule is CCc1cc(Cc2ccccc2)ccc1Cc1ccccc1. The maximum absolute atomic E-state index is 2.38. The third-order valence-corrected chi connectivity index (χ3v) is 4.14. The Morgan fingerprint density at radius 3 is 1.73 bits per heavy atom.